The molecular formula is C12H11F3N2S. The molecule has 2 rings (SSSR count). The van der Waals surface area contributed by atoms with Gasteiger partial charge < -0.3 is 5.32 Å². The molecule has 0 aliphatic rings. The Morgan fingerprint density at radius 3 is 2.72 bits per heavy atom. The lowest BCUT2D eigenvalue weighted by Crippen LogP contribution is -2.13. The first kappa shape index (κ1) is 13.0. The maximum absolute atomic E-state index is 12.5. The summed E-state index contributed by atoms with van der Waals surface area (Å²) in [7, 11) is 0. The van der Waals surface area contributed by atoms with Gasteiger partial charge in [-0.15, -0.1) is 11.3 Å². The first-order chi connectivity index (χ1) is 8.55. The van der Waals surface area contributed by atoms with Crippen LogP contribution >= 0.6 is 11.3 Å². The zero-order valence-corrected chi connectivity index (χ0v) is 10.2. The molecule has 0 saturated heterocycles. The number of rotatable bonds is 4. The molecule has 6 heteroatoms. The highest BCUT2D eigenvalue weighted by atomic mass is 32.1. The number of thiazole rings is 1. The number of halogens is 3. The van der Waals surface area contributed by atoms with Crippen molar-refractivity contribution in [3.05, 3.63) is 52.0 Å². The molecule has 96 valence electrons. The molecule has 1 aromatic heterocycles. The van der Waals surface area contributed by atoms with E-state index in [0.29, 0.717) is 18.7 Å². The summed E-state index contributed by atoms with van der Waals surface area (Å²) in [5, 5.41) is 5.84. The quantitative estimate of drug-likeness (QED) is 0.922. The number of alkyl halides is 3. The van der Waals surface area contributed by atoms with E-state index in [4.69, 9.17) is 0 Å². The maximum Gasteiger partial charge on any atom is 0.416 e. The van der Waals surface area contributed by atoms with Crippen molar-refractivity contribution in [1.82, 2.24) is 10.3 Å². The van der Waals surface area contributed by atoms with Gasteiger partial charge in [0.25, 0.3) is 0 Å². The topological polar surface area (TPSA) is 24.9 Å². The van der Waals surface area contributed by atoms with Gasteiger partial charge in [0.15, 0.2) is 0 Å². The SMILES string of the molecule is FC(F)(F)c1cccc(CNCc2nccs2)c1. The van der Waals surface area contributed by atoms with Crippen molar-refractivity contribution in [2.45, 2.75) is 19.3 Å². The van der Waals surface area contributed by atoms with Crippen molar-refractivity contribution in [2.24, 2.45) is 0 Å². The molecule has 0 amide bonds. The summed E-state index contributed by atoms with van der Waals surface area (Å²) < 4.78 is 37.5. The van der Waals surface area contributed by atoms with Crippen molar-refractivity contribution in [3.8, 4) is 0 Å². The summed E-state index contributed by atoms with van der Waals surface area (Å²) in [5.74, 6) is 0. The summed E-state index contributed by atoms with van der Waals surface area (Å²) in [6.45, 7) is 0.956. The van der Waals surface area contributed by atoms with Crippen molar-refractivity contribution in [1.29, 1.82) is 0 Å². The highest BCUT2D eigenvalue weighted by Gasteiger charge is 2.30. The van der Waals surface area contributed by atoms with E-state index < -0.39 is 11.7 Å². The van der Waals surface area contributed by atoms with E-state index >= 15 is 0 Å². The van der Waals surface area contributed by atoms with Gasteiger partial charge in [-0.05, 0) is 11.6 Å². The zero-order valence-electron chi connectivity index (χ0n) is 9.37. The van der Waals surface area contributed by atoms with Crippen LogP contribution in [-0.2, 0) is 19.3 Å². The van der Waals surface area contributed by atoms with E-state index in [1.165, 1.54) is 17.4 Å². The van der Waals surface area contributed by atoms with Crippen LogP contribution < -0.4 is 5.32 Å². The fourth-order valence-electron chi connectivity index (χ4n) is 1.51. The molecule has 0 aliphatic carbocycles. The minimum atomic E-state index is -4.29. The second-order valence-electron chi connectivity index (χ2n) is 3.73. The molecule has 1 N–H and O–H groups in total. The third-order valence-electron chi connectivity index (χ3n) is 2.34. The molecule has 18 heavy (non-hydrogen) atoms. The van der Waals surface area contributed by atoms with E-state index in [1.54, 1.807) is 12.3 Å². The molecule has 0 bridgehead atoms. The smallest absolute Gasteiger partial charge is 0.306 e. The van der Waals surface area contributed by atoms with E-state index in [-0.39, 0.29) is 0 Å². The molecule has 1 aromatic carbocycles. The van der Waals surface area contributed by atoms with E-state index in [2.05, 4.69) is 10.3 Å². The third kappa shape index (κ3) is 3.54. The minimum absolute atomic E-state index is 0.392. The fourth-order valence-corrected chi connectivity index (χ4v) is 2.10. The average Bonchev–Trinajstić information content (AvgIpc) is 2.81. The number of benzene rings is 1. The Morgan fingerprint density at radius 1 is 1.22 bits per heavy atom. The summed E-state index contributed by atoms with van der Waals surface area (Å²) in [6.07, 6.45) is -2.59. The van der Waals surface area contributed by atoms with Gasteiger partial charge in [0.1, 0.15) is 5.01 Å². The standard InChI is InChI=1S/C12H11F3N2S/c13-12(14,15)10-3-1-2-9(6-10)7-16-8-11-17-4-5-18-11/h1-6,16H,7-8H2. The van der Waals surface area contributed by atoms with E-state index in [1.807, 2.05) is 5.38 Å². The van der Waals surface area contributed by atoms with E-state index in [9.17, 15) is 13.2 Å². The molecule has 0 saturated carbocycles. The number of hydrogen-bond donors (Lipinski definition) is 1. The van der Waals surface area contributed by atoms with Crippen LogP contribution in [0.1, 0.15) is 16.1 Å². The molecule has 1 heterocycles. The van der Waals surface area contributed by atoms with Gasteiger partial charge in [-0.1, -0.05) is 18.2 Å². The number of hydrogen-bond acceptors (Lipinski definition) is 3. The Hall–Kier alpha value is -1.40. The van der Waals surface area contributed by atoms with Crippen LogP contribution in [0.4, 0.5) is 13.2 Å². The highest BCUT2D eigenvalue weighted by molar-refractivity contribution is 7.09. The Kier molecular flexibility index (Phi) is 3.98. The Balaban J connectivity index is 1.93. The normalized spacial score (nSPS) is 11.7. The predicted molar refractivity (Wildman–Crippen MR) is 64.1 cm³/mol. The highest BCUT2D eigenvalue weighted by Crippen LogP contribution is 2.29. The summed E-state index contributed by atoms with van der Waals surface area (Å²) >= 11 is 1.51. The van der Waals surface area contributed by atoms with Crippen LogP contribution in [0.3, 0.4) is 0 Å². The van der Waals surface area contributed by atoms with Crippen LogP contribution in [0.2, 0.25) is 0 Å². The lowest BCUT2D eigenvalue weighted by Gasteiger charge is -2.09. The van der Waals surface area contributed by atoms with Crippen LogP contribution in [-0.4, -0.2) is 4.98 Å². The van der Waals surface area contributed by atoms with Crippen molar-refractivity contribution < 1.29 is 13.2 Å². The summed E-state index contributed by atoms with van der Waals surface area (Å²) in [6, 6.07) is 5.33. The van der Waals surface area contributed by atoms with Crippen molar-refractivity contribution in [2.75, 3.05) is 0 Å². The fraction of sp³-hybridized carbons (Fsp3) is 0.250. The first-order valence-electron chi connectivity index (χ1n) is 5.31. The molecule has 2 nitrogen and oxygen atoms in total. The van der Waals surface area contributed by atoms with Gasteiger partial charge in [-0.25, -0.2) is 4.98 Å². The van der Waals surface area contributed by atoms with Gasteiger partial charge in [-0.2, -0.15) is 13.2 Å². The number of nitrogens with one attached hydrogen (secondary N) is 1. The van der Waals surface area contributed by atoms with Gasteiger partial charge in [0.05, 0.1) is 5.56 Å². The molecule has 0 atom stereocenters. The van der Waals surface area contributed by atoms with Gasteiger partial charge in [-0.3, -0.25) is 0 Å². The molecule has 0 spiro atoms. The van der Waals surface area contributed by atoms with Crippen molar-refractivity contribution >= 4 is 11.3 Å². The van der Waals surface area contributed by atoms with Crippen molar-refractivity contribution in [3.63, 3.8) is 0 Å². The number of aromatic nitrogens is 1. The third-order valence-corrected chi connectivity index (χ3v) is 3.12. The second-order valence-corrected chi connectivity index (χ2v) is 4.71. The molecule has 0 fully saturated rings. The molecule has 0 radical (unpaired) electrons. The lowest BCUT2D eigenvalue weighted by molar-refractivity contribution is -0.137. The number of nitrogens with zero attached hydrogens (tertiary/aromatic N) is 1. The van der Waals surface area contributed by atoms with E-state index in [0.717, 1.165) is 17.1 Å². The predicted octanol–water partition coefficient (Wildman–Crippen LogP) is 3.45. The maximum atomic E-state index is 12.5. The molecule has 0 aliphatic heterocycles. The van der Waals surface area contributed by atoms with Crippen LogP contribution in [0.5, 0.6) is 0 Å². The van der Waals surface area contributed by atoms with Gasteiger partial charge >= 0.3 is 6.18 Å². The average molecular weight is 272 g/mol. The summed E-state index contributed by atoms with van der Waals surface area (Å²) in [4.78, 5) is 4.08. The summed E-state index contributed by atoms with van der Waals surface area (Å²) in [5.41, 5.74) is -0.00238. The van der Waals surface area contributed by atoms with Crippen LogP contribution in [0.15, 0.2) is 35.8 Å². The monoisotopic (exact) mass is 272 g/mol. The molecular weight excluding hydrogens is 261 g/mol. The Labute approximate surface area is 106 Å². The minimum Gasteiger partial charge on any atom is -0.306 e. The molecule has 0 unspecified atom stereocenters. The van der Waals surface area contributed by atoms with Crippen LogP contribution in [0.25, 0.3) is 0 Å². The lowest BCUT2D eigenvalue weighted by atomic mass is 10.1. The zero-order chi connectivity index (χ0) is 13.0. The van der Waals surface area contributed by atoms with Gasteiger partial charge in [0, 0.05) is 24.7 Å². The largest absolute Gasteiger partial charge is 0.416 e. The first-order valence-corrected chi connectivity index (χ1v) is 6.19. The van der Waals surface area contributed by atoms with Crippen LogP contribution in [0, 0.1) is 0 Å². The Morgan fingerprint density at radius 2 is 2.06 bits per heavy atom. The molecule has 2 aromatic rings. The second kappa shape index (κ2) is 5.49. The Bertz CT molecular complexity index is 494. The van der Waals surface area contributed by atoms with Gasteiger partial charge in [0.2, 0.25) is 0 Å².